The fraction of sp³-hybridized carbons (Fsp3) is 0.778. The first-order valence-corrected chi connectivity index (χ1v) is 9.29. The molecule has 7 heteroatoms. The molecule has 138 valence electrons. The second-order valence-electron chi connectivity index (χ2n) is 7.55. The van der Waals surface area contributed by atoms with Crippen LogP contribution in [0.1, 0.15) is 29.9 Å². The standard InChI is InChI=1S/C18H27N3O4/c1-12-15(13(2)25-19-12)8-20-7-14-10-23-11-17(16(14)9-20)18(22)21-5-3-4-6-24-21/h14,16-17H,3-11H2,1-2H3/t14-,16-,17+/m1/s1. The summed E-state index contributed by atoms with van der Waals surface area (Å²) in [5, 5.41) is 5.63. The quantitative estimate of drug-likeness (QED) is 0.825. The van der Waals surface area contributed by atoms with Crippen molar-refractivity contribution in [1.82, 2.24) is 15.1 Å². The molecule has 25 heavy (non-hydrogen) atoms. The number of fused-ring (bicyclic) bond motifs is 1. The van der Waals surface area contributed by atoms with Crippen LogP contribution in [0.4, 0.5) is 0 Å². The second-order valence-corrected chi connectivity index (χ2v) is 7.55. The molecule has 3 atom stereocenters. The summed E-state index contributed by atoms with van der Waals surface area (Å²) in [6, 6.07) is 0. The first kappa shape index (κ1) is 17.0. The fourth-order valence-electron chi connectivity index (χ4n) is 4.38. The lowest BCUT2D eigenvalue weighted by Gasteiger charge is -2.36. The molecule has 1 aromatic heterocycles. The van der Waals surface area contributed by atoms with Gasteiger partial charge in [-0.3, -0.25) is 14.5 Å². The first-order chi connectivity index (χ1) is 12.1. The van der Waals surface area contributed by atoms with Crippen molar-refractivity contribution in [3.63, 3.8) is 0 Å². The number of nitrogens with zero attached hydrogens (tertiary/aromatic N) is 3. The highest BCUT2D eigenvalue weighted by atomic mass is 16.7. The van der Waals surface area contributed by atoms with Crippen molar-refractivity contribution in [2.24, 2.45) is 17.8 Å². The van der Waals surface area contributed by atoms with Gasteiger partial charge in [0.2, 0.25) is 0 Å². The molecule has 0 spiro atoms. The van der Waals surface area contributed by atoms with E-state index in [0.717, 1.165) is 50.5 Å². The van der Waals surface area contributed by atoms with E-state index < -0.39 is 0 Å². The van der Waals surface area contributed by atoms with Gasteiger partial charge in [-0.05, 0) is 38.5 Å². The van der Waals surface area contributed by atoms with E-state index in [9.17, 15) is 4.79 Å². The van der Waals surface area contributed by atoms with E-state index in [4.69, 9.17) is 14.1 Å². The Hall–Kier alpha value is -1.44. The van der Waals surface area contributed by atoms with E-state index in [-0.39, 0.29) is 11.8 Å². The Bertz CT molecular complexity index is 606. The maximum Gasteiger partial charge on any atom is 0.251 e. The molecule has 3 aliphatic rings. The van der Waals surface area contributed by atoms with Crippen LogP contribution in [-0.4, -0.2) is 60.5 Å². The highest BCUT2D eigenvalue weighted by Gasteiger charge is 2.45. The van der Waals surface area contributed by atoms with Crippen LogP contribution in [0.15, 0.2) is 4.52 Å². The van der Waals surface area contributed by atoms with Crippen LogP contribution in [0, 0.1) is 31.6 Å². The molecule has 4 heterocycles. The number of rotatable bonds is 3. The first-order valence-electron chi connectivity index (χ1n) is 9.29. The zero-order valence-corrected chi connectivity index (χ0v) is 15.1. The van der Waals surface area contributed by atoms with Gasteiger partial charge >= 0.3 is 0 Å². The number of likely N-dealkylation sites (tertiary alicyclic amines) is 1. The van der Waals surface area contributed by atoms with Gasteiger partial charge in [0.05, 0.1) is 31.4 Å². The zero-order chi connectivity index (χ0) is 17.4. The molecule has 0 aromatic carbocycles. The van der Waals surface area contributed by atoms with Gasteiger partial charge in [0.25, 0.3) is 5.91 Å². The van der Waals surface area contributed by atoms with E-state index in [0.29, 0.717) is 31.6 Å². The van der Waals surface area contributed by atoms with E-state index in [2.05, 4.69) is 10.1 Å². The van der Waals surface area contributed by atoms with Crippen molar-refractivity contribution in [2.75, 3.05) is 39.5 Å². The lowest BCUT2D eigenvalue weighted by Crippen LogP contribution is -2.47. The number of aromatic nitrogens is 1. The van der Waals surface area contributed by atoms with Gasteiger partial charge in [-0.1, -0.05) is 5.16 Å². The molecule has 4 rings (SSSR count). The molecule has 0 saturated carbocycles. The third-order valence-corrected chi connectivity index (χ3v) is 5.84. The smallest absolute Gasteiger partial charge is 0.251 e. The highest BCUT2D eigenvalue weighted by Crippen LogP contribution is 2.36. The largest absolute Gasteiger partial charge is 0.380 e. The van der Waals surface area contributed by atoms with Crippen LogP contribution in [0.25, 0.3) is 0 Å². The van der Waals surface area contributed by atoms with Crippen molar-refractivity contribution < 1.29 is 18.9 Å². The second kappa shape index (κ2) is 7.05. The number of amides is 1. The minimum absolute atomic E-state index is 0.0912. The topological polar surface area (TPSA) is 68.0 Å². The molecule has 0 radical (unpaired) electrons. The lowest BCUT2D eigenvalue weighted by molar-refractivity contribution is -0.207. The average Bonchev–Trinajstić information content (AvgIpc) is 3.19. The summed E-state index contributed by atoms with van der Waals surface area (Å²) in [6.07, 6.45) is 2.05. The predicted molar refractivity (Wildman–Crippen MR) is 89.4 cm³/mol. The van der Waals surface area contributed by atoms with E-state index >= 15 is 0 Å². The van der Waals surface area contributed by atoms with E-state index in [1.54, 1.807) is 5.06 Å². The zero-order valence-electron chi connectivity index (χ0n) is 15.1. The number of hydrogen-bond donors (Lipinski definition) is 0. The van der Waals surface area contributed by atoms with Gasteiger partial charge in [0, 0.05) is 31.7 Å². The molecule has 7 nitrogen and oxygen atoms in total. The van der Waals surface area contributed by atoms with Crippen LogP contribution >= 0.6 is 0 Å². The van der Waals surface area contributed by atoms with E-state index in [1.165, 1.54) is 5.56 Å². The van der Waals surface area contributed by atoms with Gasteiger partial charge in [-0.2, -0.15) is 0 Å². The number of aryl methyl sites for hydroxylation is 2. The Morgan fingerprint density at radius 1 is 1.24 bits per heavy atom. The van der Waals surface area contributed by atoms with Crippen molar-refractivity contribution in [2.45, 2.75) is 33.2 Å². The van der Waals surface area contributed by atoms with Crippen LogP contribution < -0.4 is 0 Å². The highest BCUT2D eigenvalue weighted by molar-refractivity contribution is 5.78. The SMILES string of the molecule is Cc1noc(C)c1CN1C[C@@H]2COC[C@H](C(=O)N3CCCCO3)[C@@H]2C1. The molecule has 3 saturated heterocycles. The molecule has 3 fully saturated rings. The van der Waals surface area contributed by atoms with Crippen molar-refractivity contribution >= 4 is 5.91 Å². The Kier molecular flexibility index (Phi) is 4.80. The summed E-state index contributed by atoms with van der Waals surface area (Å²) in [4.78, 5) is 20.9. The Morgan fingerprint density at radius 3 is 2.84 bits per heavy atom. The van der Waals surface area contributed by atoms with Gasteiger partial charge in [0.1, 0.15) is 5.76 Å². The Labute approximate surface area is 148 Å². The van der Waals surface area contributed by atoms with Gasteiger partial charge < -0.3 is 9.26 Å². The van der Waals surface area contributed by atoms with Crippen LogP contribution in [0.2, 0.25) is 0 Å². The normalized spacial score (nSPS) is 30.5. The summed E-state index contributed by atoms with van der Waals surface area (Å²) in [5.41, 5.74) is 2.12. The van der Waals surface area contributed by atoms with Crippen molar-refractivity contribution in [3.8, 4) is 0 Å². The summed E-state index contributed by atoms with van der Waals surface area (Å²) < 4.78 is 11.1. The number of hydroxylamine groups is 2. The van der Waals surface area contributed by atoms with Gasteiger partial charge in [0.15, 0.2) is 0 Å². The van der Waals surface area contributed by atoms with Crippen molar-refractivity contribution in [1.29, 1.82) is 0 Å². The molecule has 3 aliphatic heterocycles. The molecule has 1 amide bonds. The molecule has 0 N–H and O–H groups in total. The minimum Gasteiger partial charge on any atom is -0.380 e. The summed E-state index contributed by atoms with van der Waals surface area (Å²) >= 11 is 0. The van der Waals surface area contributed by atoms with Crippen LogP contribution in [0.5, 0.6) is 0 Å². The van der Waals surface area contributed by atoms with Gasteiger partial charge in [-0.15, -0.1) is 0 Å². The molecular weight excluding hydrogens is 322 g/mol. The van der Waals surface area contributed by atoms with Crippen LogP contribution in [-0.2, 0) is 20.9 Å². The number of ether oxygens (including phenoxy) is 1. The third kappa shape index (κ3) is 3.32. The lowest BCUT2D eigenvalue weighted by atomic mass is 9.82. The summed E-state index contributed by atoms with van der Waals surface area (Å²) in [5.74, 6) is 1.65. The molecule has 0 aliphatic carbocycles. The molecule has 0 bridgehead atoms. The number of carbonyl (C=O) groups excluding carboxylic acids is 1. The monoisotopic (exact) mass is 349 g/mol. The minimum atomic E-state index is -0.0912. The molecule has 1 aromatic rings. The number of carbonyl (C=O) groups is 1. The molecule has 0 unspecified atom stereocenters. The Balaban J connectivity index is 1.44. The average molecular weight is 349 g/mol. The van der Waals surface area contributed by atoms with Gasteiger partial charge in [-0.25, -0.2) is 5.06 Å². The van der Waals surface area contributed by atoms with Crippen molar-refractivity contribution in [3.05, 3.63) is 17.0 Å². The predicted octanol–water partition coefficient (Wildman–Crippen LogP) is 1.54. The number of hydrogen-bond acceptors (Lipinski definition) is 6. The Morgan fingerprint density at radius 2 is 2.12 bits per heavy atom. The molecular formula is C18H27N3O4. The van der Waals surface area contributed by atoms with E-state index in [1.807, 2.05) is 13.8 Å². The summed E-state index contributed by atoms with van der Waals surface area (Å²) in [6.45, 7) is 9.25. The fourth-order valence-corrected chi connectivity index (χ4v) is 4.38. The third-order valence-electron chi connectivity index (χ3n) is 5.84. The maximum absolute atomic E-state index is 12.9. The summed E-state index contributed by atoms with van der Waals surface area (Å²) in [7, 11) is 0. The van der Waals surface area contributed by atoms with Crippen LogP contribution in [0.3, 0.4) is 0 Å². The maximum atomic E-state index is 12.9.